The maximum absolute atomic E-state index is 5.65. The van der Waals surface area contributed by atoms with Gasteiger partial charge in [-0.2, -0.15) is 20.1 Å². The van der Waals surface area contributed by atoms with Gasteiger partial charge in [0.1, 0.15) is 0 Å². The lowest BCUT2D eigenvalue weighted by Crippen LogP contribution is -2.16. The third-order valence-electron chi connectivity index (χ3n) is 3.52. The summed E-state index contributed by atoms with van der Waals surface area (Å²) in [5, 5.41) is 7.02. The highest BCUT2D eigenvalue weighted by molar-refractivity contribution is 5.28. The summed E-state index contributed by atoms with van der Waals surface area (Å²) >= 11 is 0. The van der Waals surface area contributed by atoms with Gasteiger partial charge in [-0.25, -0.2) is 4.68 Å². The van der Waals surface area contributed by atoms with Crippen molar-refractivity contribution in [3.63, 3.8) is 0 Å². The van der Waals surface area contributed by atoms with Crippen LogP contribution in [0.4, 0.5) is 5.95 Å². The first-order chi connectivity index (χ1) is 9.85. The van der Waals surface area contributed by atoms with Gasteiger partial charge in [0.2, 0.25) is 5.95 Å². The van der Waals surface area contributed by atoms with E-state index in [-0.39, 0.29) is 0 Å². The molecule has 1 saturated carbocycles. The lowest BCUT2D eigenvalue weighted by Gasteiger charge is -2.24. The molecule has 1 aliphatic carbocycles. The van der Waals surface area contributed by atoms with Gasteiger partial charge >= 0.3 is 6.01 Å². The smallest absolute Gasteiger partial charge is 0.323 e. The van der Waals surface area contributed by atoms with E-state index in [4.69, 9.17) is 4.74 Å². The highest BCUT2D eigenvalue weighted by Gasteiger charge is 2.17. The fourth-order valence-electron chi connectivity index (χ4n) is 2.11. The minimum Gasteiger partial charge on any atom is -0.463 e. The number of rotatable bonds is 6. The molecule has 0 amide bonds. The Kier molecular flexibility index (Phi) is 3.76. The number of ether oxygens (including phenoxy) is 1. The van der Waals surface area contributed by atoms with Crippen LogP contribution in [0.5, 0.6) is 6.01 Å². The van der Waals surface area contributed by atoms with Crippen molar-refractivity contribution in [3.05, 3.63) is 18.5 Å². The summed E-state index contributed by atoms with van der Waals surface area (Å²) in [6, 6.07) is 2.16. The van der Waals surface area contributed by atoms with Crippen LogP contribution in [0.2, 0.25) is 0 Å². The normalized spacial score (nSPS) is 14.8. The molecule has 1 aliphatic rings. The van der Waals surface area contributed by atoms with E-state index in [9.17, 15) is 0 Å². The fraction of sp³-hybridized carbons (Fsp3) is 0.538. The summed E-state index contributed by atoms with van der Waals surface area (Å²) in [4.78, 5) is 12.7. The molecule has 0 bridgehead atoms. The summed E-state index contributed by atoms with van der Waals surface area (Å²) in [6.45, 7) is 0.649. The first-order valence-corrected chi connectivity index (χ1v) is 6.92. The van der Waals surface area contributed by atoms with Crippen LogP contribution in [0.15, 0.2) is 18.5 Å². The van der Waals surface area contributed by atoms with Gasteiger partial charge in [-0.1, -0.05) is 19.3 Å². The van der Waals surface area contributed by atoms with Gasteiger partial charge in [0, 0.05) is 19.4 Å². The van der Waals surface area contributed by atoms with Gasteiger partial charge in [-0.05, 0) is 18.4 Å². The first-order valence-electron chi connectivity index (χ1n) is 6.92. The van der Waals surface area contributed by atoms with E-state index in [1.54, 1.807) is 24.1 Å². The number of anilines is 1. The molecule has 3 rings (SSSR count). The molecule has 0 saturated heterocycles. The first kappa shape index (κ1) is 12.8. The zero-order chi connectivity index (χ0) is 13.8. The second-order valence-electron chi connectivity index (χ2n) is 4.88. The molecule has 2 heterocycles. The van der Waals surface area contributed by atoms with E-state index in [0.717, 1.165) is 12.3 Å². The van der Waals surface area contributed by atoms with Crippen molar-refractivity contribution in [1.29, 1.82) is 0 Å². The summed E-state index contributed by atoms with van der Waals surface area (Å²) < 4.78 is 7.23. The van der Waals surface area contributed by atoms with Crippen molar-refractivity contribution in [2.45, 2.75) is 25.7 Å². The average Bonchev–Trinajstić information content (AvgIpc) is 2.95. The Morgan fingerprint density at radius 1 is 1.35 bits per heavy atom. The van der Waals surface area contributed by atoms with Crippen molar-refractivity contribution >= 4 is 5.95 Å². The number of nitrogens with one attached hydrogen (secondary N) is 1. The van der Waals surface area contributed by atoms with Crippen LogP contribution in [0.25, 0.3) is 5.95 Å². The molecule has 2 aromatic heterocycles. The maximum Gasteiger partial charge on any atom is 0.323 e. The summed E-state index contributed by atoms with van der Waals surface area (Å²) in [5.41, 5.74) is 0. The van der Waals surface area contributed by atoms with Crippen molar-refractivity contribution in [2.75, 3.05) is 19.0 Å². The van der Waals surface area contributed by atoms with Crippen LogP contribution >= 0.6 is 0 Å². The van der Waals surface area contributed by atoms with Gasteiger partial charge < -0.3 is 10.1 Å². The monoisotopic (exact) mass is 274 g/mol. The fourth-order valence-corrected chi connectivity index (χ4v) is 2.11. The Labute approximate surface area is 117 Å². The van der Waals surface area contributed by atoms with Crippen molar-refractivity contribution in [1.82, 2.24) is 24.7 Å². The minimum absolute atomic E-state index is 0.342. The van der Waals surface area contributed by atoms with Crippen molar-refractivity contribution < 1.29 is 4.74 Å². The van der Waals surface area contributed by atoms with Gasteiger partial charge in [0.15, 0.2) is 0 Å². The SMILES string of the molecule is CNc1nc(OCCC2CCC2)nc(-n2cccn2)n1. The molecule has 7 nitrogen and oxygen atoms in total. The predicted octanol–water partition coefficient (Wildman–Crippen LogP) is 1.67. The maximum atomic E-state index is 5.65. The van der Waals surface area contributed by atoms with Crippen LogP contribution in [0.3, 0.4) is 0 Å². The van der Waals surface area contributed by atoms with Crippen LogP contribution < -0.4 is 10.1 Å². The molecule has 106 valence electrons. The quantitative estimate of drug-likeness (QED) is 0.863. The topological polar surface area (TPSA) is 77.8 Å². The minimum atomic E-state index is 0.342. The van der Waals surface area contributed by atoms with E-state index in [1.807, 2.05) is 6.07 Å². The average molecular weight is 274 g/mol. The second kappa shape index (κ2) is 5.85. The Morgan fingerprint density at radius 2 is 2.25 bits per heavy atom. The van der Waals surface area contributed by atoms with Crippen molar-refractivity contribution in [3.8, 4) is 12.0 Å². The van der Waals surface area contributed by atoms with Gasteiger partial charge in [0.25, 0.3) is 5.95 Å². The number of hydrogen-bond acceptors (Lipinski definition) is 6. The molecule has 20 heavy (non-hydrogen) atoms. The molecule has 1 N–H and O–H groups in total. The molecule has 7 heteroatoms. The third-order valence-corrected chi connectivity index (χ3v) is 3.52. The molecule has 0 aliphatic heterocycles. The molecule has 0 spiro atoms. The number of aromatic nitrogens is 5. The zero-order valence-corrected chi connectivity index (χ0v) is 11.5. The van der Waals surface area contributed by atoms with Crippen LogP contribution in [-0.4, -0.2) is 38.4 Å². The predicted molar refractivity (Wildman–Crippen MR) is 73.9 cm³/mol. The molecule has 2 aromatic rings. The molecule has 0 unspecified atom stereocenters. The Morgan fingerprint density at radius 3 is 2.90 bits per heavy atom. The largest absolute Gasteiger partial charge is 0.463 e. The zero-order valence-electron chi connectivity index (χ0n) is 11.5. The lowest BCUT2D eigenvalue weighted by atomic mass is 9.83. The van der Waals surface area contributed by atoms with Crippen LogP contribution in [0.1, 0.15) is 25.7 Å². The summed E-state index contributed by atoms with van der Waals surface area (Å²) in [5.74, 6) is 1.74. The Balaban J connectivity index is 1.70. The van der Waals surface area contributed by atoms with E-state index in [0.29, 0.717) is 24.5 Å². The molecular formula is C13H18N6O. The molecule has 0 aromatic carbocycles. The molecule has 0 radical (unpaired) electrons. The van der Waals surface area contributed by atoms with E-state index < -0.39 is 0 Å². The van der Waals surface area contributed by atoms with Crippen LogP contribution in [0, 0.1) is 5.92 Å². The van der Waals surface area contributed by atoms with E-state index in [2.05, 4.69) is 25.4 Å². The lowest BCUT2D eigenvalue weighted by molar-refractivity contribution is 0.211. The summed E-state index contributed by atoms with van der Waals surface area (Å²) in [7, 11) is 1.76. The Bertz CT molecular complexity index is 552. The number of hydrogen-bond donors (Lipinski definition) is 1. The van der Waals surface area contributed by atoms with Gasteiger partial charge in [-0.3, -0.25) is 0 Å². The van der Waals surface area contributed by atoms with Crippen LogP contribution in [-0.2, 0) is 0 Å². The van der Waals surface area contributed by atoms with E-state index in [1.165, 1.54) is 19.3 Å². The highest BCUT2D eigenvalue weighted by atomic mass is 16.5. The third kappa shape index (κ3) is 2.87. The second-order valence-corrected chi connectivity index (χ2v) is 4.88. The molecular weight excluding hydrogens is 256 g/mol. The highest BCUT2D eigenvalue weighted by Crippen LogP contribution is 2.29. The summed E-state index contributed by atoms with van der Waals surface area (Å²) in [6.07, 6.45) is 8.52. The standard InChI is InChI=1S/C13H18N6O/c1-14-11-16-12(19-8-3-7-15-19)18-13(17-11)20-9-6-10-4-2-5-10/h3,7-8,10H,2,4-6,9H2,1H3,(H,14,16,17,18). The Hall–Kier alpha value is -2.18. The van der Waals surface area contributed by atoms with Gasteiger partial charge in [-0.15, -0.1) is 0 Å². The van der Waals surface area contributed by atoms with Gasteiger partial charge in [0.05, 0.1) is 6.61 Å². The molecule has 0 atom stereocenters. The van der Waals surface area contributed by atoms with E-state index >= 15 is 0 Å². The van der Waals surface area contributed by atoms with Crippen molar-refractivity contribution in [2.24, 2.45) is 5.92 Å². The number of nitrogens with zero attached hydrogens (tertiary/aromatic N) is 5. The molecule has 1 fully saturated rings.